The minimum Gasteiger partial charge on any atom is -0.457 e. The number of aromatic nitrogens is 4. The van der Waals surface area contributed by atoms with Gasteiger partial charge in [0.25, 0.3) is 0 Å². The molecule has 0 fully saturated rings. The third-order valence-corrected chi connectivity index (χ3v) is 11.4. The summed E-state index contributed by atoms with van der Waals surface area (Å²) in [6.45, 7) is 7.31. The van der Waals surface area contributed by atoms with Gasteiger partial charge in [-0.1, -0.05) is 81.4 Å². The van der Waals surface area contributed by atoms with Crippen molar-refractivity contribution in [2.75, 3.05) is 16.5 Å². The molecule has 5 heterocycles. The average Bonchev–Trinajstić information content (AvgIpc) is 3.92. The van der Waals surface area contributed by atoms with Gasteiger partial charge >= 0.3 is 0 Å². The lowest BCUT2D eigenvalue weighted by atomic mass is 9.88. The van der Waals surface area contributed by atoms with E-state index < -0.39 is 0 Å². The molecule has 0 saturated heterocycles. The van der Waals surface area contributed by atoms with Crippen LogP contribution in [0.2, 0.25) is 0 Å². The van der Waals surface area contributed by atoms with E-state index in [1.807, 2.05) is 24.5 Å². The second-order valence-corrected chi connectivity index (χ2v) is 16.0. The van der Waals surface area contributed by atoms with Crippen LogP contribution < -0.4 is 14.5 Å². The van der Waals surface area contributed by atoms with E-state index in [1.54, 1.807) is 0 Å². The summed E-state index contributed by atoms with van der Waals surface area (Å²) in [5.41, 5.74) is 10.1. The molecule has 7 nitrogen and oxygen atoms in total. The van der Waals surface area contributed by atoms with E-state index in [0.717, 1.165) is 62.3 Å². The number of nitrogens with zero attached hydrogens (tertiary/aromatic N) is 6. The van der Waals surface area contributed by atoms with Crippen LogP contribution in [-0.4, -0.2) is 25.8 Å². The van der Waals surface area contributed by atoms with Crippen LogP contribution in [0.15, 0.2) is 176 Å². The van der Waals surface area contributed by atoms with E-state index >= 15 is 0 Å². The zero-order chi connectivity index (χ0) is 39.0. The molecule has 0 unspecified atom stereocenters. The molecule has 11 rings (SSSR count). The predicted molar refractivity (Wildman–Crippen MR) is 238 cm³/mol. The van der Waals surface area contributed by atoms with E-state index in [9.17, 15) is 0 Å². The van der Waals surface area contributed by atoms with Gasteiger partial charge in [0, 0.05) is 63.1 Å². The van der Waals surface area contributed by atoms with Gasteiger partial charge in [-0.05, 0) is 102 Å². The number of ether oxygens (including phenoxy) is 1. The Hall–Kier alpha value is -7.38. The van der Waals surface area contributed by atoms with Crippen molar-refractivity contribution < 1.29 is 4.74 Å². The van der Waals surface area contributed by atoms with Crippen LogP contribution in [0.25, 0.3) is 55.1 Å². The molecule has 0 radical (unpaired) electrons. The number of anilines is 4. The topological polar surface area (TPSA) is 51.4 Å². The second-order valence-electron chi connectivity index (χ2n) is 16.0. The average molecular weight is 753 g/mol. The van der Waals surface area contributed by atoms with E-state index in [-0.39, 0.29) is 5.41 Å². The van der Waals surface area contributed by atoms with E-state index in [1.165, 1.54) is 32.8 Å². The van der Waals surface area contributed by atoms with Crippen molar-refractivity contribution >= 4 is 66.5 Å². The fourth-order valence-electron chi connectivity index (χ4n) is 8.62. The van der Waals surface area contributed by atoms with E-state index in [2.05, 4.69) is 191 Å². The van der Waals surface area contributed by atoms with E-state index in [0.29, 0.717) is 6.67 Å². The maximum absolute atomic E-state index is 6.69. The number of hydrogen-bond donors (Lipinski definition) is 0. The van der Waals surface area contributed by atoms with Crippen molar-refractivity contribution in [3.8, 4) is 23.0 Å². The Balaban J connectivity index is 0.944. The highest BCUT2D eigenvalue weighted by Gasteiger charge is 2.30. The van der Waals surface area contributed by atoms with Gasteiger partial charge in [-0.15, -0.1) is 0 Å². The summed E-state index contributed by atoms with van der Waals surface area (Å²) in [6.07, 6.45) is 3.79. The molecule has 10 aromatic rings. The molecular weight excluding hydrogens is 713 g/mol. The van der Waals surface area contributed by atoms with Gasteiger partial charge in [0.15, 0.2) is 5.82 Å². The van der Waals surface area contributed by atoms with Gasteiger partial charge in [0.05, 0.1) is 27.8 Å². The number of benzene rings is 6. The summed E-state index contributed by atoms with van der Waals surface area (Å²) in [7, 11) is 0. The van der Waals surface area contributed by atoms with Gasteiger partial charge in [0.2, 0.25) is 0 Å². The highest BCUT2D eigenvalue weighted by Crippen LogP contribution is 2.45. The standard InChI is InChI=1S/C51H40N6O/c1-51(2,3)34-26-28-52-49(29-34)57-45-20-10-7-17-40(45)42-24-23-39(32-48(42)57)58-38-16-11-15-36(30-38)54-33-55(50-47(54)21-12-27-53-50)37-22-25-46-43(31-37)41-18-8-9-19-44(41)56(46)35-13-5-4-6-14-35/h4-32H,33H2,1-3H3. The summed E-state index contributed by atoms with van der Waals surface area (Å²) < 4.78 is 11.3. The lowest BCUT2D eigenvalue weighted by molar-refractivity contribution is 0.483. The van der Waals surface area contributed by atoms with Gasteiger partial charge < -0.3 is 19.1 Å². The van der Waals surface area contributed by atoms with Crippen LogP contribution in [0.3, 0.4) is 0 Å². The Labute approximate surface area is 336 Å². The van der Waals surface area contributed by atoms with Crippen molar-refractivity contribution in [3.63, 3.8) is 0 Å². The number of fused-ring (bicyclic) bond motifs is 7. The zero-order valence-corrected chi connectivity index (χ0v) is 32.5. The van der Waals surface area contributed by atoms with Crippen molar-refractivity contribution in [1.29, 1.82) is 0 Å². The van der Waals surface area contributed by atoms with Crippen LogP contribution in [-0.2, 0) is 5.41 Å². The Morgan fingerprint density at radius 3 is 1.98 bits per heavy atom. The molecule has 0 N–H and O–H groups in total. The molecule has 4 aromatic heterocycles. The Bertz CT molecular complexity index is 3190. The van der Waals surface area contributed by atoms with Crippen LogP contribution in [0.1, 0.15) is 26.3 Å². The zero-order valence-electron chi connectivity index (χ0n) is 32.5. The van der Waals surface area contributed by atoms with Crippen molar-refractivity contribution in [2.45, 2.75) is 26.2 Å². The monoisotopic (exact) mass is 752 g/mol. The van der Waals surface area contributed by atoms with Crippen LogP contribution in [0.4, 0.5) is 22.9 Å². The maximum Gasteiger partial charge on any atom is 0.158 e. The molecule has 0 spiro atoms. The van der Waals surface area contributed by atoms with Crippen molar-refractivity contribution in [1.82, 2.24) is 19.1 Å². The summed E-state index contributed by atoms with van der Waals surface area (Å²) >= 11 is 0. The number of para-hydroxylation sites is 3. The normalized spacial score (nSPS) is 12.9. The third kappa shape index (κ3) is 5.50. The largest absolute Gasteiger partial charge is 0.457 e. The lowest BCUT2D eigenvalue weighted by Crippen LogP contribution is -2.24. The molecule has 0 amide bonds. The quantitative estimate of drug-likeness (QED) is 0.169. The van der Waals surface area contributed by atoms with Crippen LogP contribution in [0.5, 0.6) is 11.5 Å². The van der Waals surface area contributed by atoms with Crippen LogP contribution in [0, 0.1) is 0 Å². The highest BCUT2D eigenvalue weighted by molar-refractivity contribution is 6.11. The third-order valence-electron chi connectivity index (χ3n) is 11.4. The van der Waals surface area contributed by atoms with Gasteiger partial charge in [-0.3, -0.25) is 4.57 Å². The fraction of sp³-hybridized carbons (Fsp3) is 0.0980. The van der Waals surface area contributed by atoms with Crippen molar-refractivity contribution in [3.05, 3.63) is 182 Å². The summed E-state index contributed by atoms with van der Waals surface area (Å²) in [5, 5.41) is 4.76. The Morgan fingerprint density at radius 1 is 0.466 bits per heavy atom. The lowest BCUT2D eigenvalue weighted by Gasteiger charge is -2.22. The minimum absolute atomic E-state index is 0.00345. The minimum atomic E-state index is -0.00345. The van der Waals surface area contributed by atoms with Gasteiger partial charge in [-0.25, -0.2) is 9.97 Å². The molecule has 58 heavy (non-hydrogen) atoms. The first-order chi connectivity index (χ1) is 28.4. The SMILES string of the molecule is CC(C)(C)c1ccnc(-n2c3ccccc3c3ccc(Oc4cccc(N5CN(c6ccc7c(c6)c6ccccc6n7-c6ccccc6)c6ncccc65)c4)cc32)c1. The molecule has 6 aromatic carbocycles. The molecule has 0 saturated carbocycles. The molecule has 0 bridgehead atoms. The highest BCUT2D eigenvalue weighted by atomic mass is 16.5. The number of pyridine rings is 2. The Kier molecular flexibility index (Phi) is 7.66. The Morgan fingerprint density at radius 2 is 1.16 bits per heavy atom. The summed E-state index contributed by atoms with van der Waals surface area (Å²) in [5.74, 6) is 3.33. The predicted octanol–water partition coefficient (Wildman–Crippen LogP) is 13.0. The fourth-order valence-corrected chi connectivity index (χ4v) is 8.62. The first-order valence-corrected chi connectivity index (χ1v) is 19.8. The summed E-state index contributed by atoms with van der Waals surface area (Å²) in [6, 6.07) is 57.7. The van der Waals surface area contributed by atoms with E-state index in [4.69, 9.17) is 14.7 Å². The summed E-state index contributed by atoms with van der Waals surface area (Å²) in [4.78, 5) is 14.4. The molecular formula is C51H40N6O. The van der Waals surface area contributed by atoms with Gasteiger partial charge in [0.1, 0.15) is 24.0 Å². The molecule has 280 valence electrons. The first kappa shape index (κ1) is 33.9. The maximum atomic E-state index is 6.69. The smallest absolute Gasteiger partial charge is 0.158 e. The van der Waals surface area contributed by atoms with Gasteiger partial charge in [-0.2, -0.15) is 0 Å². The molecule has 1 aliphatic rings. The first-order valence-electron chi connectivity index (χ1n) is 19.8. The molecule has 1 aliphatic heterocycles. The second kappa shape index (κ2) is 13.1. The molecule has 7 heteroatoms. The van der Waals surface area contributed by atoms with Crippen molar-refractivity contribution in [2.24, 2.45) is 0 Å². The number of rotatable bonds is 6. The molecule has 0 atom stereocenters. The van der Waals surface area contributed by atoms with Crippen LogP contribution >= 0.6 is 0 Å². The number of hydrogen-bond acceptors (Lipinski definition) is 5. The molecule has 0 aliphatic carbocycles.